The molecule has 0 spiro atoms. The van der Waals surface area contributed by atoms with Gasteiger partial charge in [0.1, 0.15) is 0 Å². The fraction of sp³-hybridized carbons (Fsp3) is 0.500. The summed E-state index contributed by atoms with van der Waals surface area (Å²) in [7, 11) is 0. The zero-order valence-corrected chi connectivity index (χ0v) is 12.3. The summed E-state index contributed by atoms with van der Waals surface area (Å²) in [6.07, 6.45) is 2.47. The van der Waals surface area contributed by atoms with Gasteiger partial charge in [-0.05, 0) is 42.5 Å². The van der Waals surface area contributed by atoms with Crippen LogP contribution in [0.1, 0.15) is 40.0 Å². The third kappa shape index (κ3) is 4.68. The average Bonchev–Trinajstić information content (AvgIpc) is 3.13. The van der Waals surface area contributed by atoms with E-state index in [1.54, 1.807) is 0 Å². The quantitative estimate of drug-likeness (QED) is 0.884. The van der Waals surface area contributed by atoms with E-state index in [1.165, 1.54) is 0 Å². The molecule has 1 aliphatic carbocycles. The molecule has 1 saturated carbocycles. The van der Waals surface area contributed by atoms with Gasteiger partial charge in [0.05, 0.1) is 0 Å². The van der Waals surface area contributed by atoms with Gasteiger partial charge in [-0.1, -0.05) is 20.8 Å². The van der Waals surface area contributed by atoms with Crippen LogP contribution in [0, 0.1) is 11.3 Å². The molecule has 0 heterocycles. The molecule has 0 bridgehead atoms. The summed E-state index contributed by atoms with van der Waals surface area (Å²) in [5.74, 6) is 0.294. The predicted molar refractivity (Wildman–Crippen MR) is 80.5 cm³/mol. The Morgan fingerprint density at radius 2 is 1.55 bits per heavy atom. The van der Waals surface area contributed by atoms with Crippen molar-refractivity contribution in [1.82, 2.24) is 0 Å². The van der Waals surface area contributed by atoms with Crippen LogP contribution in [-0.4, -0.2) is 11.8 Å². The molecule has 4 nitrogen and oxygen atoms in total. The van der Waals surface area contributed by atoms with Crippen LogP contribution < -0.4 is 10.6 Å². The highest BCUT2D eigenvalue weighted by Gasteiger charge is 2.29. The molecule has 0 radical (unpaired) electrons. The molecule has 0 saturated heterocycles. The van der Waals surface area contributed by atoms with Crippen molar-refractivity contribution in [2.75, 3.05) is 10.6 Å². The highest BCUT2D eigenvalue weighted by molar-refractivity contribution is 5.95. The number of hydrogen-bond donors (Lipinski definition) is 2. The second-order valence-corrected chi connectivity index (χ2v) is 6.63. The normalized spacial score (nSPS) is 14.8. The third-order valence-electron chi connectivity index (χ3n) is 3.08. The summed E-state index contributed by atoms with van der Waals surface area (Å²) < 4.78 is 0. The number of carbonyl (C=O) groups is 2. The molecule has 2 rings (SSSR count). The summed E-state index contributed by atoms with van der Waals surface area (Å²) in [6.45, 7) is 6.09. The Kier molecular flexibility index (Phi) is 4.12. The number of benzene rings is 1. The first-order valence-corrected chi connectivity index (χ1v) is 7.04. The maximum atomic E-state index is 11.8. The summed E-state index contributed by atoms with van der Waals surface area (Å²) >= 11 is 0. The Balaban J connectivity index is 1.87. The van der Waals surface area contributed by atoms with E-state index in [1.807, 2.05) is 45.0 Å². The molecular weight excluding hydrogens is 252 g/mol. The molecule has 108 valence electrons. The van der Waals surface area contributed by atoms with Gasteiger partial charge in [0.25, 0.3) is 0 Å². The first kappa shape index (κ1) is 14.6. The van der Waals surface area contributed by atoms with Crippen LogP contribution in [0.15, 0.2) is 24.3 Å². The molecular formula is C16H22N2O2. The Morgan fingerprint density at radius 1 is 1.05 bits per heavy atom. The van der Waals surface area contributed by atoms with Crippen molar-refractivity contribution >= 4 is 23.2 Å². The minimum absolute atomic E-state index is 0.00673. The van der Waals surface area contributed by atoms with Gasteiger partial charge in [0, 0.05) is 23.7 Å². The molecule has 0 aliphatic heterocycles. The summed E-state index contributed by atoms with van der Waals surface area (Å²) in [6, 6.07) is 7.24. The van der Waals surface area contributed by atoms with Crippen molar-refractivity contribution in [2.24, 2.45) is 11.3 Å². The highest BCUT2D eigenvalue weighted by atomic mass is 16.2. The topological polar surface area (TPSA) is 58.2 Å². The maximum absolute atomic E-state index is 11.8. The zero-order valence-electron chi connectivity index (χ0n) is 12.3. The van der Waals surface area contributed by atoms with E-state index < -0.39 is 0 Å². The summed E-state index contributed by atoms with van der Waals surface area (Å²) in [4.78, 5) is 23.4. The van der Waals surface area contributed by atoms with Crippen LogP contribution >= 0.6 is 0 Å². The van der Waals surface area contributed by atoms with E-state index in [9.17, 15) is 9.59 Å². The maximum Gasteiger partial charge on any atom is 0.227 e. The lowest BCUT2D eigenvalue weighted by molar-refractivity contribution is -0.118. The van der Waals surface area contributed by atoms with E-state index in [0.29, 0.717) is 6.42 Å². The van der Waals surface area contributed by atoms with Gasteiger partial charge in [-0.25, -0.2) is 0 Å². The van der Waals surface area contributed by atoms with Crippen molar-refractivity contribution in [1.29, 1.82) is 0 Å². The van der Waals surface area contributed by atoms with Gasteiger partial charge in [-0.15, -0.1) is 0 Å². The van der Waals surface area contributed by atoms with E-state index in [4.69, 9.17) is 0 Å². The molecule has 1 aromatic carbocycles. The van der Waals surface area contributed by atoms with E-state index in [-0.39, 0.29) is 23.1 Å². The lowest BCUT2D eigenvalue weighted by atomic mass is 9.92. The molecule has 4 heteroatoms. The van der Waals surface area contributed by atoms with Gasteiger partial charge in [0.15, 0.2) is 0 Å². The molecule has 1 fully saturated rings. The second-order valence-electron chi connectivity index (χ2n) is 6.63. The fourth-order valence-electron chi connectivity index (χ4n) is 1.91. The number of nitrogens with one attached hydrogen (secondary N) is 2. The largest absolute Gasteiger partial charge is 0.326 e. The number of rotatable bonds is 4. The lowest BCUT2D eigenvalue weighted by Gasteiger charge is -2.17. The van der Waals surface area contributed by atoms with Crippen molar-refractivity contribution in [3.05, 3.63) is 24.3 Å². The minimum Gasteiger partial charge on any atom is -0.326 e. The van der Waals surface area contributed by atoms with Gasteiger partial charge in [-0.3, -0.25) is 9.59 Å². The molecule has 20 heavy (non-hydrogen) atoms. The first-order chi connectivity index (χ1) is 9.33. The second kappa shape index (κ2) is 5.65. The van der Waals surface area contributed by atoms with Crippen LogP contribution in [0.3, 0.4) is 0 Å². The molecule has 0 atom stereocenters. The zero-order chi connectivity index (χ0) is 14.8. The van der Waals surface area contributed by atoms with Gasteiger partial charge in [-0.2, -0.15) is 0 Å². The van der Waals surface area contributed by atoms with Crippen LogP contribution in [0.25, 0.3) is 0 Å². The Hall–Kier alpha value is -1.84. The van der Waals surface area contributed by atoms with E-state index >= 15 is 0 Å². The van der Waals surface area contributed by atoms with Gasteiger partial charge in [0.2, 0.25) is 11.8 Å². The fourth-order valence-corrected chi connectivity index (χ4v) is 1.91. The smallest absolute Gasteiger partial charge is 0.227 e. The minimum atomic E-state index is -0.0255. The van der Waals surface area contributed by atoms with Gasteiger partial charge < -0.3 is 10.6 Å². The van der Waals surface area contributed by atoms with Crippen molar-refractivity contribution in [3.63, 3.8) is 0 Å². The van der Waals surface area contributed by atoms with Crippen molar-refractivity contribution < 1.29 is 9.59 Å². The standard InChI is InChI=1S/C16H22N2O2/c1-16(2,3)10-14(19)17-12-6-8-13(9-7-12)18-15(20)11-4-5-11/h6-9,11H,4-5,10H2,1-3H3,(H,17,19)(H,18,20). The Morgan fingerprint density at radius 3 is 2.00 bits per heavy atom. The van der Waals surface area contributed by atoms with E-state index in [2.05, 4.69) is 10.6 Å². The Bertz CT molecular complexity index is 496. The van der Waals surface area contributed by atoms with Crippen LogP contribution in [0.2, 0.25) is 0 Å². The van der Waals surface area contributed by atoms with Crippen LogP contribution in [0.5, 0.6) is 0 Å². The van der Waals surface area contributed by atoms with Crippen LogP contribution in [-0.2, 0) is 9.59 Å². The summed E-state index contributed by atoms with van der Waals surface area (Å²) in [5.41, 5.74) is 1.50. The number of anilines is 2. The molecule has 1 aliphatic rings. The molecule has 2 amide bonds. The molecule has 0 unspecified atom stereocenters. The number of amides is 2. The highest BCUT2D eigenvalue weighted by Crippen LogP contribution is 2.30. The molecule has 2 N–H and O–H groups in total. The lowest BCUT2D eigenvalue weighted by Crippen LogP contribution is -2.19. The van der Waals surface area contributed by atoms with Crippen molar-refractivity contribution in [3.8, 4) is 0 Å². The third-order valence-corrected chi connectivity index (χ3v) is 3.08. The molecule has 1 aromatic rings. The first-order valence-electron chi connectivity index (χ1n) is 7.04. The predicted octanol–water partition coefficient (Wildman–Crippen LogP) is 3.41. The Labute approximate surface area is 119 Å². The number of hydrogen-bond acceptors (Lipinski definition) is 2. The molecule has 0 aromatic heterocycles. The average molecular weight is 274 g/mol. The van der Waals surface area contributed by atoms with Gasteiger partial charge >= 0.3 is 0 Å². The van der Waals surface area contributed by atoms with E-state index in [0.717, 1.165) is 24.2 Å². The monoisotopic (exact) mass is 274 g/mol. The summed E-state index contributed by atoms with van der Waals surface area (Å²) in [5, 5.41) is 5.73. The van der Waals surface area contributed by atoms with Crippen LogP contribution in [0.4, 0.5) is 11.4 Å². The number of carbonyl (C=O) groups excluding carboxylic acids is 2. The SMILES string of the molecule is CC(C)(C)CC(=O)Nc1ccc(NC(=O)C2CC2)cc1. The van der Waals surface area contributed by atoms with Crippen molar-refractivity contribution in [2.45, 2.75) is 40.0 Å².